The number of pyridine rings is 1. The second-order valence-corrected chi connectivity index (χ2v) is 9.80. The van der Waals surface area contributed by atoms with Gasteiger partial charge in [0.25, 0.3) is 11.8 Å². The van der Waals surface area contributed by atoms with Gasteiger partial charge >= 0.3 is 0 Å². The fourth-order valence-electron chi connectivity index (χ4n) is 6.61. The number of alkyl halides is 1. The van der Waals surface area contributed by atoms with Gasteiger partial charge in [-0.05, 0) is 79.9 Å². The first kappa shape index (κ1) is 19.5. The van der Waals surface area contributed by atoms with E-state index in [2.05, 4.69) is 10.4 Å². The minimum absolute atomic E-state index is 0.0190. The van der Waals surface area contributed by atoms with Gasteiger partial charge in [0, 0.05) is 26.3 Å². The van der Waals surface area contributed by atoms with E-state index in [0.717, 1.165) is 24.3 Å². The molecule has 2 aromatic heterocycles. The number of halogens is 1. The summed E-state index contributed by atoms with van der Waals surface area (Å²) in [5, 5.41) is 7.50. The van der Waals surface area contributed by atoms with E-state index < -0.39 is 6.67 Å². The van der Waals surface area contributed by atoms with Gasteiger partial charge in [0.15, 0.2) is 5.69 Å². The maximum atomic E-state index is 13.1. The van der Waals surface area contributed by atoms with Crippen LogP contribution in [0.15, 0.2) is 24.4 Å². The molecule has 2 heterocycles. The molecular weight excluding hydrogens is 383 g/mol. The van der Waals surface area contributed by atoms with E-state index in [-0.39, 0.29) is 29.5 Å². The Morgan fingerprint density at radius 2 is 1.90 bits per heavy atom. The molecule has 0 atom stereocenters. The standard InChI is InChI=1S/C23H29FN4O2/c1-27(6-4-24)22(30)19-10-20-18(3-2-5-28(20)26-19)21(29)25-14-23-11-15-7-16(12-23)9-17(8-15)13-23/h2-3,5,10,15-17H,4,6-9,11-14H2,1H3,(H,25,29). The third-order valence-corrected chi connectivity index (χ3v) is 7.52. The lowest BCUT2D eigenvalue weighted by Gasteiger charge is -2.56. The minimum Gasteiger partial charge on any atom is -0.351 e. The molecule has 4 saturated carbocycles. The first-order valence-corrected chi connectivity index (χ1v) is 11.0. The van der Waals surface area contributed by atoms with Crippen LogP contribution in [0.4, 0.5) is 4.39 Å². The van der Waals surface area contributed by atoms with Crippen LogP contribution in [0.25, 0.3) is 5.52 Å². The van der Waals surface area contributed by atoms with Gasteiger partial charge in [-0.3, -0.25) is 9.59 Å². The van der Waals surface area contributed by atoms with E-state index in [9.17, 15) is 14.0 Å². The topological polar surface area (TPSA) is 66.7 Å². The van der Waals surface area contributed by atoms with E-state index in [1.165, 1.54) is 43.4 Å². The average Bonchev–Trinajstić information content (AvgIpc) is 3.15. The van der Waals surface area contributed by atoms with Crippen molar-refractivity contribution in [2.75, 3.05) is 26.8 Å². The Kier molecular flexibility index (Phi) is 4.79. The van der Waals surface area contributed by atoms with Gasteiger partial charge < -0.3 is 10.2 Å². The smallest absolute Gasteiger partial charge is 0.274 e. The SMILES string of the molecule is CN(CCF)C(=O)c1cc2c(C(=O)NCC34CC5CC(CC(C5)C3)C4)cccn2n1. The Morgan fingerprint density at radius 1 is 1.23 bits per heavy atom. The van der Waals surface area contributed by atoms with Crippen molar-refractivity contribution in [2.45, 2.75) is 38.5 Å². The molecule has 0 aliphatic heterocycles. The summed E-state index contributed by atoms with van der Waals surface area (Å²) in [6.45, 7) is 0.147. The molecule has 0 spiro atoms. The number of hydrogen-bond acceptors (Lipinski definition) is 3. The molecule has 4 fully saturated rings. The van der Waals surface area contributed by atoms with Crippen molar-refractivity contribution in [1.82, 2.24) is 19.8 Å². The van der Waals surface area contributed by atoms with Gasteiger partial charge in [0.1, 0.15) is 6.67 Å². The molecule has 160 valence electrons. The minimum atomic E-state index is -0.604. The van der Waals surface area contributed by atoms with Gasteiger partial charge in [-0.15, -0.1) is 0 Å². The van der Waals surface area contributed by atoms with Crippen LogP contribution in [-0.2, 0) is 0 Å². The number of carbonyl (C=O) groups is 2. The Morgan fingerprint density at radius 3 is 2.53 bits per heavy atom. The Bertz CT molecular complexity index is 949. The van der Waals surface area contributed by atoms with Gasteiger partial charge in [0.05, 0.1) is 11.1 Å². The van der Waals surface area contributed by atoms with E-state index in [1.54, 1.807) is 36.0 Å². The molecule has 7 heteroatoms. The molecule has 6 rings (SSSR count). The second-order valence-electron chi connectivity index (χ2n) is 9.80. The van der Waals surface area contributed by atoms with Crippen molar-refractivity contribution >= 4 is 17.3 Å². The quantitative estimate of drug-likeness (QED) is 0.792. The highest BCUT2D eigenvalue weighted by Gasteiger charge is 2.50. The van der Waals surface area contributed by atoms with Crippen LogP contribution >= 0.6 is 0 Å². The summed E-state index contributed by atoms with van der Waals surface area (Å²) < 4.78 is 14.1. The van der Waals surface area contributed by atoms with Crippen molar-refractivity contribution < 1.29 is 14.0 Å². The summed E-state index contributed by atoms with van der Waals surface area (Å²) in [6, 6.07) is 5.15. The molecule has 2 amide bonds. The highest BCUT2D eigenvalue weighted by atomic mass is 19.1. The number of nitrogens with zero attached hydrogens (tertiary/aromatic N) is 3. The summed E-state index contributed by atoms with van der Waals surface area (Å²) >= 11 is 0. The zero-order valence-corrected chi connectivity index (χ0v) is 17.4. The molecule has 2 aromatic rings. The fourth-order valence-corrected chi connectivity index (χ4v) is 6.61. The van der Waals surface area contributed by atoms with Crippen LogP contribution < -0.4 is 5.32 Å². The van der Waals surface area contributed by atoms with Crippen molar-refractivity contribution in [2.24, 2.45) is 23.2 Å². The van der Waals surface area contributed by atoms with Crippen molar-refractivity contribution in [3.8, 4) is 0 Å². The summed E-state index contributed by atoms with van der Waals surface area (Å²) in [7, 11) is 1.55. The van der Waals surface area contributed by atoms with E-state index >= 15 is 0 Å². The highest BCUT2D eigenvalue weighted by Crippen LogP contribution is 2.59. The number of nitrogens with one attached hydrogen (secondary N) is 1. The maximum absolute atomic E-state index is 13.1. The van der Waals surface area contributed by atoms with Crippen molar-refractivity contribution in [3.63, 3.8) is 0 Å². The predicted octanol–water partition coefficient (Wildman–Crippen LogP) is 3.32. The monoisotopic (exact) mass is 412 g/mol. The summed E-state index contributed by atoms with van der Waals surface area (Å²) in [5.74, 6) is 2.08. The van der Waals surface area contributed by atoms with Gasteiger partial charge in [-0.25, -0.2) is 8.91 Å². The van der Waals surface area contributed by atoms with Gasteiger partial charge in [0.2, 0.25) is 0 Å². The lowest BCUT2D eigenvalue weighted by molar-refractivity contribution is -0.0503. The molecule has 4 aliphatic rings. The lowest BCUT2D eigenvalue weighted by atomic mass is 9.49. The zero-order valence-electron chi connectivity index (χ0n) is 17.4. The number of hydrogen-bond donors (Lipinski definition) is 1. The third-order valence-electron chi connectivity index (χ3n) is 7.52. The molecule has 30 heavy (non-hydrogen) atoms. The van der Waals surface area contributed by atoms with Gasteiger partial charge in [-0.2, -0.15) is 5.10 Å². The normalized spacial score (nSPS) is 29.3. The molecule has 6 nitrogen and oxygen atoms in total. The van der Waals surface area contributed by atoms with Crippen LogP contribution in [0.3, 0.4) is 0 Å². The fraction of sp³-hybridized carbons (Fsp3) is 0.609. The Balaban J connectivity index is 1.33. The van der Waals surface area contributed by atoms with Crippen LogP contribution in [0.5, 0.6) is 0 Å². The molecule has 0 aromatic carbocycles. The van der Waals surface area contributed by atoms with E-state index in [0.29, 0.717) is 11.1 Å². The molecular formula is C23H29FN4O2. The summed E-state index contributed by atoms with van der Waals surface area (Å²) in [4.78, 5) is 26.8. The lowest BCUT2D eigenvalue weighted by Crippen LogP contribution is -2.51. The number of fused-ring (bicyclic) bond motifs is 1. The first-order chi connectivity index (χ1) is 14.5. The molecule has 0 radical (unpaired) electrons. The number of aromatic nitrogens is 2. The number of rotatable bonds is 6. The predicted molar refractivity (Wildman–Crippen MR) is 111 cm³/mol. The van der Waals surface area contributed by atoms with E-state index in [1.807, 2.05) is 0 Å². The summed E-state index contributed by atoms with van der Waals surface area (Å²) in [5.41, 5.74) is 1.60. The van der Waals surface area contributed by atoms with E-state index in [4.69, 9.17) is 0 Å². The van der Waals surface area contributed by atoms with Crippen LogP contribution in [0.2, 0.25) is 0 Å². The number of carbonyl (C=O) groups excluding carboxylic acids is 2. The molecule has 0 saturated heterocycles. The summed E-state index contributed by atoms with van der Waals surface area (Å²) in [6.07, 6.45) is 9.61. The van der Waals surface area contributed by atoms with Gasteiger partial charge in [-0.1, -0.05) is 0 Å². The maximum Gasteiger partial charge on any atom is 0.274 e. The zero-order chi connectivity index (χ0) is 20.9. The molecule has 1 N–H and O–H groups in total. The highest BCUT2D eigenvalue weighted by molar-refractivity contribution is 6.02. The average molecular weight is 413 g/mol. The number of amides is 2. The Hall–Kier alpha value is -2.44. The van der Waals surface area contributed by atoms with Crippen LogP contribution in [0.1, 0.15) is 59.4 Å². The van der Waals surface area contributed by atoms with Crippen molar-refractivity contribution in [3.05, 3.63) is 35.7 Å². The van der Waals surface area contributed by atoms with Crippen LogP contribution in [-0.4, -0.2) is 53.1 Å². The largest absolute Gasteiger partial charge is 0.351 e. The molecule has 0 unspecified atom stereocenters. The molecule has 4 bridgehead atoms. The Labute approximate surface area is 175 Å². The second kappa shape index (κ2) is 7.36. The first-order valence-electron chi connectivity index (χ1n) is 11.0. The van der Waals surface area contributed by atoms with Crippen molar-refractivity contribution in [1.29, 1.82) is 0 Å². The van der Waals surface area contributed by atoms with Crippen LogP contribution in [0, 0.1) is 23.2 Å². The molecule has 4 aliphatic carbocycles. The third kappa shape index (κ3) is 3.38.